The third kappa shape index (κ3) is 2.93. The molecule has 1 fully saturated rings. The van der Waals surface area contributed by atoms with Crippen LogP contribution in [0.4, 0.5) is 0 Å². The van der Waals surface area contributed by atoms with E-state index in [0.29, 0.717) is 19.5 Å². The van der Waals surface area contributed by atoms with Gasteiger partial charge >= 0.3 is 5.97 Å². The molecule has 1 aliphatic rings. The van der Waals surface area contributed by atoms with Crippen molar-refractivity contribution in [1.82, 2.24) is 10.2 Å². The molecular formula is C12H14N2O5. The molecule has 0 spiro atoms. The Morgan fingerprint density at radius 2 is 2.21 bits per heavy atom. The summed E-state index contributed by atoms with van der Waals surface area (Å²) in [7, 11) is 0. The Bertz CT molecular complexity index is 522. The lowest BCUT2D eigenvalue weighted by atomic mass is 10.2. The van der Waals surface area contributed by atoms with Crippen molar-refractivity contribution >= 4 is 17.8 Å². The van der Waals surface area contributed by atoms with E-state index in [1.807, 2.05) is 0 Å². The van der Waals surface area contributed by atoms with E-state index in [1.54, 1.807) is 0 Å². The predicted octanol–water partition coefficient (Wildman–Crippen LogP) is 0.328. The van der Waals surface area contributed by atoms with E-state index in [-0.39, 0.29) is 29.2 Å². The van der Waals surface area contributed by atoms with Gasteiger partial charge in [0.2, 0.25) is 5.91 Å². The summed E-state index contributed by atoms with van der Waals surface area (Å²) >= 11 is 0. The van der Waals surface area contributed by atoms with Crippen LogP contribution >= 0.6 is 0 Å². The van der Waals surface area contributed by atoms with Crippen molar-refractivity contribution in [3.05, 3.63) is 23.7 Å². The minimum absolute atomic E-state index is 0.000810. The maximum atomic E-state index is 12.0. The summed E-state index contributed by atoms with van der Waals surface area (Å²) in [5.41, 5.74) is -0.0547. The first-order chi connectivity index (χ1) is 8.97. The molecule has 1 aromatic rings. The van der Waals surface area contributed by atoms with Gasteiger partial charge < -0.3 is 19.7 Å². The predicted molar refractivity (Wildman–Crippen MR) is 63.8 cm³/mol. The topological polar surface area (TPSA) is 99.9 Å². The summed E-state index contributed by atoms with van der Waals surface area (Å²) in [6.07, 6.45) is 1.72. The minimum atomic E-state index is -1.14. The zero-order valence-electron chi connectivity index (χ0n) is 10.4. The molecule has 2 heterocycles. The number of carboxylic acid groups (broad SMARTS) is 1. The number of hydrogen-bond donors (Lipinski definition) is 2. The Morgan fingerprint density at radius 1 is 1.47 bits per heavy atom. The molecule has 0 aromatic carbocycles. The van der Waals surface area contributed by atoms with Gasteiger partial charge in [0.1, 0.15) is 6.26 Å². The Labute approximate surface area is 109 Å². The van der Waals surface area contributed by atoms with Crippen molar-refractivity contribution in [1.29, 1.82) is 0 Å². The summed E-state index contributed by atoms with van der Waals surface area (Å²) in [5.74, 6) is -1.63. The largest absolute Gasteiger partial charge is 0.478 e. The van der Waals surface area contributed by atoms with Gasteiger partial charge in [-0.1, -0.05) is 0 Å². The van der Waals surface area contributed by atoms with Gasteiger partial charge in [0.25, 0.3) is 5.91 Å². The highest BCUT2D eigenvalue weighted by Crippen LogP contribution is 2.16. The molecule has 0 aliphatic carbocycles. The number of nitrogens with one attached hydrogen (secondary N) is 1. The van der Waals surface area contributed by atoms with E-state index in [0.717, 1.165) is 6.26 Å². The number of amides is 2. The molecule has 1 aromatic heterocycles. The smallest absolute Gasteiger partial charge is 0.338 e. The van der Waals surface area contributed by atoms with Crippen LogP contribution in [0, 0.1) is 0 Å². The molecule has 1 saturated heterocycles. The van der Waals surface area contributed by atoms with Crippen LogP contribution in [0.2, 0.25) is 0 Å². The van der Waals surface area contributed by atoms with Gasteiger partial charge in [0.15, 0.2) is 5.76 Å². The van der Waals surface area contributed by atoms with Crippen LogP contribution in [0.25, 0.3) is 0 Å². The molecule has 0 saturated carbocycles. The molecule has 7 nitrogen and oxygen atoms in total. The molecule has 2 amide bonds. The van der Waals surface area contributed by atoms with Crippen LogP contribution in [-0.2, 0) is 4.79 Å². The third-order valence-electron chi connectivity index (χ3n) is 2.94. The molecule has 1 unspecified atom stereocenters. The number of aromatic carboxylic acids is 1. The highest BCUT2D eigenvalue weighted by atomic mass is 16.4. The molecular weight excluding hydrogens is 252 g/mol. The van der Waals surface area contributed by atoms with E-state index in [2.05, 4.69) is 5.32 Å². The fourth-order valence-corrected chi connectivity index (χ4v) is 2.07. The van der Waals surface area contributed by atoms with Crippen molar-refractivity contribution in [2.45, 2.75) is 19.4 Å². The average molecular weight is 266 g/mol. The molecule has 102 valence electrons. The summed E-state index contributed by atoms with van der Waals surface area (Å²) in [6.45, 7) is 2.34. The second kappa shape index (κ2) is 5.13. The first-order valence-electron chi connectivity index (χ1n) is 5.85. The zero-order chi connectivity index (χ0) is 14.0. The van der Waals surface area contributed by atoms with Gasteiger partial charge in [0.05, 0.1) is 5.56 Å². The molecule has 1 atom stereocenters. The first-order valence-corrected chi connectivity index (χ1v) is 5.85. The molecule has 2 rings (SSSR count). The van der Waals surface area contributed by atoms with Gasteiger partial charge in [0, 0.05) is 32.1 Å². The summed E-state index contributed by atoms with van der Waals surface area (Å²) in [6, 6.07) is 1.14. The fraction of sp³-hybridized carbons (Fsp3) is 0.417. The second-order valence-electron chi connectivity index (χ2n) is 4.44. The number of carbonyl (C=O) groups excluding carboxylic acids is 2. The second-order valence-corrected chi connectivity index (χ2v) is 4.44. The van der Waals surface area contributed by atoms with E-state index < -0.39 is 5.97 Å². The monoisotopic (exact) mass is 266 g/mol. The van der Waals surface area contributed by atoms with Crippen molar-refractivity contribution in [3.63, 3.8) is 0 Å². The maximum Gasteiger partial charge on any atom is 0.338 e. The summed E-state index contributed by atoms with van der Waals surface area (Å²) in [4.78, 5) is 35.2. The average Bonchev–Trinajstić information content (AvgIpc) is 2.95. The van der Waals surface area contributed by atoms with Crippen molar-refractivity contribution in [3.8, 4) is 0 Å². The van der Waals surface area contributed by atoms with E-state index in [1.165, 1.54) is 17.9 Å². The van der Waals surface area contributed by atoms with Gasteiger partial charge in [-0.25, -0.2) is 4.79 Å². The van der Waals surface area contributed by atoms with E-state index >= 15 is 0 Å². The lowest BCUT2D eigenvalue weighted by Gasteiger charge is -2.15. The van der Waals surface area contributed by atoms with Gasteiger partial charge in [-0.3, -0.25) is 9.59 Å². The Morgan fingerprint density at radius 3 is 2.79 bits per heavy atom. The SMILES string of the molecule is CC(=O)NC1CCN(C(=O)c2cc(C(=O)O)co2)C1. The number of rotatable bonds is 3. The van der Waals surface area contributed by atoms with Crippen LogP contribution in [0.1, 0.15) is 34.3 Å². The lowest BCUT2D eigenvalue weighted by Crippen LogP contribution is -2.37. The van der Waals surface area contributed by atoms with Crippen LogP contribution < -0.4 is 5.32 Å². The molecule has 0 bridgehead atoms. The number of furan rings is 1. The van der Waals surface area contributed by atoms with Crippen LogP contribution in [0.3, 0.4) is 0 Å². The number of hydrogen-bond acceptors (Lipinski definition) is 4. The number of nitrogens with zero attached hydrogens (tertiary/aromatic N) is 1. The number of carbonyl (C=O) groups is 3. The van der Waals surface area contributed by atoms with Crippen molar-refractivity contribution < 1.29 is 23.9 Å². The van der Waals surface area contributed by atoms with Crippen molar-refractivity contribution in [2.24, 2.45) is 0 Å². The van der Waals surface area contributed by atoms with Gasteiger partial charge in [-0.15, -0.1) is 0 Å². The number of likely N-dealkylation sites (tertiary alicyclic amines) is 1. The number of carboxylic acids is 1. The highest BCUT2D eigenvalue weighted by Gasteiger charge is 2.29. The quantitative estimate of drug-likeness (QED) is 0.821. The summed E-state index contributed by atoms with van der Waals surface area (Å²) in [5, 5.41) is 11.5. The molecule has 2 N–H and O–H groups in total. The van der Waals surface area contributed by atoms with Crippen molar-refractivity contribution in [2.75, 3.05) is 13.1 Å². The lowest BCUT2D eigenvalue weighted by molar-refractivity contribution is -0.119. The van der Waals surface area contributed by atoms with E-state index in [4.69, 9.17) is 9.52 Å². The Kier molecular flexibility index (Phi) is 3.55. The van der Waals surface area contributed by atoms with Gasteiger partial charge in [-0.2, -0.15) is 0 Å². The van der Waals surface area contributed by atoms with E-state index in [9.17, 15) is 14.4 Å². The standard InChI is InChI=1S/C12H14N2O5/c1-7(15)13-9-2-3-14(5-9)11(16)10-4-8(6-19-10)12(17)18/h4,6,9H,2-3,5H2,1H3,(H,13,15)(H,17,18). The maximum absolute atomic E-state index is 12.0. The Hall–Kier alpha value is -2.31. The van der Waals surface area contributed by atoms with Crippen LogP contribution in [0.5, 0.6) is 0 Å². The minimum Gasteiger partial charge on any atom is -0.478 e. The Balaban J connectivity index is 2.00. The highest BCUT2D eigenvalue weighted by molar-refractivity contribution is 5.95. The zero-order valence-corrected chi connectivity index (χ0v) is 10.4. The fourth-order valence-electron chi connectivity index (χ4n) is 2.07. The molecule has 19 heavy (non-hydrogen) atoms. The van der Waals surface area contributed by atoms with Crippen LogP contribution in [-0.4, -0.2) is 46.9 Å². The normalized spacial score (nSPS) is 18.4. The third-order valence-corrected chi connectivity index (χ3v) is 2.94. The first kappa shape index (κ1) is 13.1. The van der Waals surface area contributed by atoms with Gasteiger partial charge in [-0.05, 0) is 6.42 Å². The van der Waals surface area contributed by atoms with Crippen LogP contribution in [0.15, 0.2) is 16.7 Å². The summed E-state index contributed by atoms with van der Waals surface area (Å²) < 4.78 is 4.96. The molecule has 0 radical (unpaired) electrons. The molecule has 1 aliphatic heterocycles. The molecule has 7 heteroatoms.